The van der Waals surface area contributed by atoms with Crippen LogP contribution >= 0.6 is 15.9 Å². The van der Waals surface area contributed by atoms with Gasteiger partial charge in [0.25, 0.3) is 0 Å². The van der Waals surface area contributed by atoms with Crippen molar-refractivity contribution in [2.75, 3.05) is 23.7 Å². The molecule has 0 saturated carbocycles. The molecular weight excluding hydrogens is 270 g/mol. The second-order valence-electron chi connectivity index (χ2n) is 3.93. The van der Waals surface area contributed by atoms with E-state index in [0.717, 1.165) is 29.2 Å². The molecule has 0 atom stereocenters. The zero-order chi connectivity index (χ0) is 11.1. The Morgan fingerprint density at radius 3 is 2.81 bits per heavy atom. The molecule has 0 aromatic carbocycles. The van der Waals surface area contributed by atoms with Gasteiger partial charge in [0, 0.05) is 25.5 Å². The lowest BCUT2D eigenvalue weighted by Crippen LogP contribution is -2.20. The van der Waals surface area contributed by atoms with Gasteiger partial charge in [-0.25, -0.2) is 9.97 Å². The van der Waals surface area contributed by atoms with Crippen molar-refractivity contribution in [3.8, 4) is 0 Å². The summed E-state index contributed by atoms with van der Waals surface area (Å²) in [5.41, 5.74) is 6.70. The number of hydrogen-bond donors (Lipinski definition) is 1. The third-order valence-corrected chi connectivity index (χ3v) is 3.46. The summed E-state index contributed by atoms with van der Waals surface area (Å²) >= 11 is 3.44. The number of hydrogen-bond acceptors (Lipinski definition) is 4. The van der Waals surface area contributed by atoms with Crippen LogP contribution in [0.3, 0.4) is 0 Å². The van der Waals surface area contributed by atoms with Gasteiger partial charge in [-0.3, -0.25) is 4.40 Å². The lowest BCUT2D eigenvalue weighted by atomic mass is 10.4. The van der Waals surface area contributed by atoms with Crippen LogP contribution in [0.4, 0.5) is 11.8 Å². The van der Waals surface area contributed by atoms with Gasteiger partial charge in [0.1, 0.15) is 10.1 Å². The average Bonchev–Trinajstić information content (AvgIpc) is 2.86. The molecule has 0 amide bonds. The molecule has 84 valence electrons. The highest BCUT2D eigenvalue weighted by molar-refractivity contribution is 9.10. The summed E-state index contributed by atoms with van der Waals surface area (Å²) in [6, 6.07) is 0. The topological polar surface area (TPSA) is 59.4 Å². The molecule has 6 heteroatoms. The fraction of sp³-hybridized carbons (Fsp3) is 0.400. The summed E-state index contributed by atoms with van der Waals surface area (Å²) in [5, 5.41) is 0. The van der Waals surface area contributed by atoms with Crippen LogP contribution in [0, 0.1) is 0 Å². The lowest BCUT2D eigenvalue weighted by molar-refractivity contribution is 0.892. The molecule has 0 aliphatic carbocycles. The number of rotatable bonds is 1. The second kappa shape index (κ2) is 3.62. The van der Waals surface area contributed by atoms with Crippen LogP contribution in [0.2, 0.25) is 0 Å². The molecule has 1 fully saturated rings. The van der Waals surface area contributed by atoms with E-state index in [1.807, 2.05) is 10.6 Å². The number of nitrogens with zero attached hydrogens (tertiary/aromatic N) is 4. The first kappa shape index (κ1) is 9.89. The number of anilines is 2. The maximum atomic E-state index is 5.85. The Balaban J connectivity index is 2.22. The van der Waals surface area contributed by atoms with E-state index in [-0.39, 0.29) is 0 Å². The SMILES string of the molecule is Nc1nccn2c(N3CCCC3)nc(Br)c12. The largest absolute Gasteiger partial charge is 0.382 e. The van der Waals surface area contributed by atoms with E-state index in [9.17, 15) is 0 Å². The summed E-state index contributed by atoms with van der Waals surface area (Å²) in [6.07, 6.45) is 6.06. The summed E-state index contributed by atoms with van der Waals surface area (Å²) in [5.74, 6) is 1.46. The minimum absolute atomic E-state index is 0.507. The summed E-state index contributed by atoms with van der Waals surface area (Å²) < 4.78 is 2.76. The van der Waals surface area contributed by atoms with Gasteiger partial charge < -0.3 is 10.6 Å². The van der Waals surface area contributed by atoms with Crippen molar-refractivity contribution in [3.05, 3.63) is 17.0 Å². The molecule has 1 aliphatic rings. The standard InChI is InChI=1S/C10H12BrN5/c11-8-7-9(12)13-3-6-16(7)10(14-8)15-4-1-2-5-15/h3,6H,1-2,4-5H2,(H2,12,13). The van der Waals surface area contributed by atoms with Gasteiger partial charge in [0.05, 0.1) is 0 Å². The average molecular weight is 282 g/mol. The van der Waals surface area contributed by atoms with E-state index in [0.29, 0.717) is 5.82 Å². The van der Waals surface area contributed by atoms with Crippen molar-refractivity contribution < 1.29 is 0 Å². The molecule has 2 N–H and O–H groups in total. The quantitative estimate of drug-likeness (QED) is 0.864. The van der Waals surface area contributed by atoms with E-state index in [1.54, 1.807) is 6.20 Å². The Hall–Kier alpha value is -1.30. The summed E-state index contributed by atoms with van der Waals surface area (Å²) in [7, 11) is 0. The van der Waals surface area contributed by atoms with Crippen molar-refractivity contribution in [2.24, 2.45) is 0 Å². The number of aromatic nitrogens is 3. The fourth-order valence-electron chi connectivity index (χ4n) is 2.15. The lowest BCUT2D eigenvalue weighted by Gasteiger charge is -2.14. The van der Waals surface area contributed by atoms with E-state index < -0.39 is 0 Å². The number of nitrogen functional groups attached to an aromatic ring is 1. The van der Waals surface area contributed by atoms with Crippen LogP contribution in [0.15, 0.2) is 17.0 Å². The smallest absolute Gasteiger partial charge is 0.211 e. The first-order valence-electron chi connectivity index (χ1n) is 5.30. The van der Waals surface area contributed by atoms with Crippen molar-refractivity contribution in [3.63, 3.8) is 0 Å². The Morgan fingerprint density at radius 1 is 1.31 bits per heavy atom. The Kier molecular flexibility index (Phi) is 2.24. The Bertz CT molecular complexity index is 529. The molecule has 2 aromatic rings. The van der Waals surface area contributed by atoms with Gasteiger partial charge in [-0.15, -0.1) is 0 Å². The molecule has 0 radical (unpaired) electrons. The van der Waals surface area contributed by atoms with Gasteiger partial charge in [-0.1, -0.05) is 0 Å². The highest BCUT2D eigenvalue weighted by Gasteiger charge is 2.20. The molecule has 16 heavy (non-hydrogen) atoms. The van der Waals surface area contributed by atoms with Crippen LogP contribution in [-0.4, -0.2) is 27.5 Å². The molecular formula is C10H12BrN5. The number of halogens is 1. The van der Waals surface area contributed by atoms with Crippen LogP contribution < -0.4 is 10.6 Å². The highest BCUT2D eigenvalue weighted by atomic mass is 79.9. The van der Waals surface area contributed by atoms with E-state index >= 15 is 0 Å². The van der Waals surface area contributed by atoms with Crippen molar-refractivity contribution in [2.45, 2.75) is 12.8 Å². The molecule has 0 unspecified atom stereocenters. The third kappa shape index (κ3) is 1.36. The van der Waals surface area contributed by atoms with Crippen LogP contribution in [0.25, 0.3) is 5.52 Å². The minimum atomic E-state index is 0.507. The fourth-order valence-corrected chi connectivity index (χ4v) is 2.70. The predicted octanol–water partition coefficient (Wildman–Crippen LogP) is 1.67. The molecule has 3 rings (SSSR count). The van der Waals surface area contributed by atoms with E-state index in [2.05, 4.69) is 30.8 Å². The Morgan fingerprint density at radius 2 is 2.06 bits per heavy atom. The molecule has 1 aliphatic heterocycles. The van der Waals surface area contributed by atoms with Crippen molar-refractivity contribution >= 4 is 33.2 Å². The first-order chi connectivity index (χ1) is 7.77. The zero-order valence-corrected chi connectivity index (χ0v) is 10.3. The molecule has 5 nitrogen and oxygen atoms in total. The maximum absolute atomic E-state index is 5.85. The number of fused-ring (bicyclic) bond motifs is 1. The van der Waals surface area contributed by atoms with Gasteiger partial charge in [0.15, 0.2) is 5.82 Å². The van der Waals surface area contributed by atoms with Crippen LogP contribution in [0.5, 0.6) is 0 Å². The van der Waals surface area contributed by atoms with E-state index in [1.165, 1.54) is 12.8 Å². The van der Waals surface area contributed by atoms with Crippen LogP contribution in [-0.2, 0) is 0 Å². The minimum Gasteiger partial charge on any atom is -0.382 e. The molecule has 1 saturated heterocycles. The number of imidazole rings is 1. The third-order valence-electron chi connectivity index (χ3n) is 2.91. The zero-order valence-electron chi connectivity index (χ0n) is 8.73. The van der Waals surface area contributed by atoms with E-state index in [4.69, 9.17) is 5.73 Å². The highest BCUT2D eigenvalue weighted by Crippen LogP contribution is 2.28. The van der Waals surface area contributed by atoms with Gasteiger partial charge in [0.2, 0.25) is 5.95 Å². The van der Waals surface area contributed by atoms with Crippen LogP contribution in [0.1, 0.15) is 12.8 Å². The molecule has 0 spiro atoms. The Labute approximate surface area is 101 Å². The summed E-state index contributed by atoms with van der Waals surface area (Å²) in [4.78, 5) is 10.9. The molecule has 0 bridgehead atoms. The molecule has 2 aromatic heterocycles. The normalized spacial score (nSPS) is 16.2. The maximum Gasteiger partial charge on any atom is 0.211 e. The van der Waals surface area contributed by atoms with Crippen molar-refractivity contribution in [1.29, 1.82) is 0 Å². The molecule has 3 heterocycles. The van der Waals surface area contributed by atoms with Gasteiger partial charge in [-0.05, 0) is 28.8 Å². The first-order valence-corrected chi connectivity index (χ1v) is 6.09. The van der Waals surface area contributed by atoms with Gasteiger partial charge >= 0.3 is 0 Å². The number of nitrogens with two attached hydrogens (primary N) is 1. The predicted molar refractivity (Wildman–Crippen MR) is 66.5 cm³/mol. The second-order valence-corrected chi connectivity index (χ2v) is 4.68. The summed E-state index contributed by atoms with van der Waals surface area (Å²) in [6.45, 7) is 2.13. The van der Waals surface area contributed by atoms with Crippen molar-refractivity contribution in [1.82, 2.24) is 14.4 Å². The van der Waals surface area contributed by atoms with Gasteiger partial charge in [-0.2, -0.15) is 0 Å². The monoisotopic (exact) mass is 281 g/mol.